The van der Waals surface area contributed by atoms with Crippen molar-refractivity contribution in [2.75, 3.05) is 6.54 Å². The van der Waals surface area contributed by atoms with Crippen molar-refractivity contribution in [2.24, 2.45) is 5.73 Å². The molecule has 0 radical (unpaired) electrons. The van der Waals surface area contributed by atoms with Gasteiger partial charge in [-0.1, -0.05) is 45.0 Å². The van der Waals surface area contributed by atoms with Crippen LogP contribution in [0.25, 0.3) is 11.3 Å². The average Bonchev–Trinajstić information content (AvgIpc) is 2.77. The van der Waals surface area contributed by atoms with Crippen molar-refractivity contribution in [1.29, 1.82) is 0 Å². The molecule has 0 saturated carbocycles. The Morgan fingerprint density at radius 1 is 1.17 bits per heavy atom. The summed E-state index contributed by atoms with van der Waals surface area (Å²) in [5, 5.41) is 3.23. The van der Waals surface area contributed by atoms with Crippen molar-refractivity contribution in [3.63, 3.8) is 0 Å². The normalized spacial score (nSPS) is 11.8. The molecule has 0 fully saturated rings. The van der Waals surface area contributed by atoms with Crippen molar-refractivity contribution in [3.8, 4) is 11.3 Å². The molecular formula is C15H20N2S. The van der Waals surface area contributed by atoms with E-state index in [1.54, 1.807) is 11.3 Å². The molecule has 0 unspecified atom stereocenters. The Balaban J connectivity index is 2.23. The van der Waals surface area contributed by atoms with Gasteiger partial charge in [0, 0.05) is 17.4 Å². The Bertz CT molecular complexity index is 506. The molecule has 0 bridgehead atoms. The van der Waals surface area contributed by atoms with Crippen LogP contribution in [-0.2, 0) is 11.8 Å². The van der Waals surface area contributed by atoms with E-state index < -0.39 is 0 Å². The number of thiazole rings is 1. The lowest BCUT2D eigenvalue weighted by atomic mass is 9.86. The van der Waals surface area contributed by atoms with E-state index in [1.165, 1.54) is 11.1 Å². The van der Waals surface area contributed by atoms with Gasteiger partial charge in [0.05, 0.1) is 10.7 Å². The number of rotatable bonds is 3. The summed E-state index contributed by atoms with van der Waals surface area (Å²) in [7, 11) is 0. The van der Waals surface area contributed by atoms with Gasteiger partial charge in [-0.25, -0.2) is 4.98 Å². The number of aromatic nitrogens is 1. The number of hydrogen-bond donors (Lipinski definition) is 1. The molecule has 0 amide bonds. The summed E-state index contributed by atoms with van der Waals surface area (Å²) in [5.74, 6) is 0. The number of nitrogens with zero attached hydrogens (tertiary/aromatic N) is 1. The average molecular weight is 260 g/mol. The van der Waals surface area contributed by atoms with E-state index in [0.29, 0.717) is 6.54 Å². The predicted octanol–water partition coefficient (Wildman–Crippen LogP) is 3.61. The van der Waals surface area contributed by atoms with Crippen LogP contribution in [0.15, 0.2) is 29.6 Å². The Labute approximate surface area is 113 Å². The maximum Gasteiger partial charge on any atom is 0.0945 e. The van der Waals surface area contributed by atoms with Crippen molar-refractivity contribution in [2.45, 2.75) is 32.6 Å². The van der Waals surface area contributed by atoms with Gasteiger partial charge >= 0.3 is 0 Å². The maximum absolute atomic E-state index is 5.54. The first-order chi connectivity index (χ1) is 8.50. The first kappa shape index (κ1) is 13.2. The van der Waals surface area contributed by atoms with Gasteiger partial charge in [-0.05, 0) is 17.5 Å². The minimum absolute atomic E-state index is 0.200. The summed E-state index contributed by atoms with van der Waals surface area (Å²) in [6.07, 6.45) is 0.866. The van der Waals surface area contributed by atoms with Gasteiger partial charge in [0.1, 0.15) is 0 Å². The minimum Gasteiger partial charge on any atom is -0.330 e. The van der Waals surface area contributed by atoms with Crippen LogP contribution in [-0.4, -0.2) is 11.5 Å². The Kier molecular flexibility index (Phi) is 3.83. The highest BCUT2D eigenvalue weighted by atomic mass is 32.1. The van der Waals surface area contributed by atoms with Crippen LogP contribution in [0, 0.1) is 0 Å². The van der Waals surface area contributed by atoms with Crippen LogP contribution in [0.3, 0.4) is 0 Å². The topological polar surface area (TPSA) is 38.9 Å². The molecule has 0 saturated heterocycles. The summed E-state index contributed by atoms with van der Waals surface area (Å²) in [6.45, 7) is 7.34. The molecule has 1 aromatic carbocycles. The molecule has 1 aromatic heterocycles. The Morgan fingerprint density at radius 2 is 1.83 bits per heavy atom. The van der Waals surface area contributed by atoms with Gasteiger partial charge in [0.2, 0.25) is 0 Å². The van der Waals surface area contributed by atoms with E-state index in [1.807, 2.05) is 0 Å². The minimum atomic E-state index is 0.200. The monoisotopic (exact) mass is 260 g/mol. The molecular weight excluding hydrogens is 240 g/mol. The second-order valence-corrected chi connectivity index (χ2v) is 6.44. The van der Waals surface area contributed by atoms with Crippen molar-refractivity contribution >= 4 is 11.3 Å². The molecule has 0 aliphatic heterocycles. The Hall–Kier alpha value is -1.19. The van der Waals surface area contributed by atoms with Crippen LogP contribution in [0.1, 0.15) is 31.3 Å². The molecule has 2 N–H and O–H groups in total. The fourth-order valence-corrected chi connectivity index (χ4v) is 2.65. The van der Waals surface area contributed by atoms with E-state index in [-0.39, 0.29) is 5.41 Å². The molecule has 0 atom stereocenters. The van der Waals surface area contributed by atoms with Crippen LogP contribution >= 0.6 is 11.3 Å². The highest BCUT2D eigenvalue weighted by Crippen LogP contribution is 2.26. The zero-order valence-corrected chi connectivity index (χ0v) is 12.1. The largest absolute Gasteiger partial charge is 0.330 e. The highest BCUT2D eigenvalue weighted by molar-refractivity contribution is 7.09. The maximum atomic E-state index is 5.54. The Morgan fingerprint density at radius 3 is 2.39 bits per heavy atom. The second kappa shape index (κ2) is 5.21. The van der Waals surface area contributed by atoms with Crippen molar-refractivity contribution in [3.05, 3.63) is 40.2 Å². The molecule has 0 aliphatic rings. The summed E-state index contributed by atoms with van der Waals surface area (Å²) in [5.41, 5.74) is 9.34. The van der Waals surface area contributed by atoms with Gasteiger partial charge in [-0.2, -0.15) is 0 Å². The lowest BCUT2D eigenvalue weighted by Gasteiger charge is -2.18. The molecule has 1 heterocycles. The third-order valence-corrected chi connectivity index (χ3v) is 3.87. The highest BCUT2D eigenvalue weighted by Gasteiger charge is 2.13. The number of hydrogen-bond acceptors (Lipinski definition) is 3. The molecule has 2 rings (SSSR count). The van der Waals surface area contributed by atoms with E-state index in [9.17, 15) is 0 Å². The third-order valence-electron chi connectivity index (χ3n) is 2.96. The van der Waals surface area contributed by atoms with E-state index in [4.69, 9.17) is 5.73 Å². The summed E-state index contributed by atoms with van der Waals surface area (Å²) < 4.78 is 0. The first-order valence-electron chi connectivity index (χ1n) is 6.26. The molecule has 2 aromatic rings. The SMILES string of the molecule is CC(C)(C)c1ccc(-c2csc(CCN)n2)cc1. The molecule has 3 heteroatoms. The molecule has 2 nitrogen and oxygen atoms in total. The summed E-state index contributed by atoms with van der Waals surface area (Å²) in [6, 6.07) is 8.69. The number of nitrogens with two attached hydrogens (primary N) is 1. The van der Waals surface area contributed by atoms with E-state index in [2.05, 4.69) is 55.4 Å². The van der Waals surface area contributed by atoms with E-state index >= 15 is 0 Å². The fraction of sp³-hybridized carbons (Fsp3) is 0.400. The number of benzene rings is 1. The second-order valence-electron chi connectivity index (χ2n) is 5.49. The van der Waals surface area contributed by atoms with Gasteiger partial charge in [0.25, 0.3) is 0 Å². The first-order valence-corrected chi connectivity index (χ1v) is 7.14. The van der Waals surface area contributed by atoms with Crippen LogP contribution in [0.5, 0.6) is 0 Å². The van der Waals surface area contributed by atoms with Gasteiger partial charge in [0.15, 0.2) is 0 Å². The molecule has 18 heavy (non-hydrogen) atoms. The van der Waals surface area contributed by atoms with Crippen molar-refractivity contribution in [1.82, 2.24) is 4.98 Å². The summed E-state index contributed by atoms with van der Waals surface area (Å²) >= 11 is 1.69. The molecule has 96 valence electrons. The fourth-order valence-electron chi connectivity index (χ4n) is 1.82. The van der Waals surface area contributed by atoms with Crippen LogP contribution < -0.4 is 5.73 Å². The molecule has 0 spiro atoms. The zero-order valence-electron chi connectivity index (χ0n) is 11.2. The quantitative estimate of drug-likeness (QED) is 0.915. The lowest BCUT2D eigenvalue weighted by Crippen LogP contribution is -2.10. The summed E-state index contributed by atoms with van der Waals surface area (Å²) in [4.78, 5) is 4.60. The van der Waals surface area contributed by atoms with Crippen LogP contribution in [0.2, 0.25) is 0 Å². The smallest absolute Gasteiger partial charge is 0.0945 e. The standard InChI is InChI=1S/C15H20N2S/c1-15(2,3)12-6-4-11(5-7-12)13-10-18-14(17-13)8-9-16/h4-7,10H,8-9,16H2,1-3H3. The van der Waals surface area contributed by atoms with Gasteiger partial charge in [-0.15, -0.1) is 11.3 Å². The lowest BCUT2D eigenvalue weighted by molar-refractivity contribution is 0.590. The predicted molar refractivity (Wildman–Crippen MR) is 79.0 cm³/mol. The zero-order chi connectivity index (χ0) is 13.2. The van der Waals surface area contributed by atoms with Gasteiger partial charge < -0.3 is 5.73 Å². The third kappa shape index (κ3) is 2.98. The van der Waals surface area contributed by atoms with Crippen molar-refractivity contribution < 1.29 is 0 Å². The van der Waals surface area contributed by atoms with Gasteiger partial charge in [-0.3, -0.25) is 0 Å². The van der Waals surface area contributed by atoms with E-state index in [0.717, 1.165) is 17.1 Å². The molecule has 0 aliphatic carbocycles. The van der Waals surface area contributed by atoms with Crippen LogP contribution in [0.4, 0.5) is 0 Å².